The number of anilines is 1. The van der Waals surface area contributed by atoms with E-state index in [9.17, 15) is 14.7 Å². The van der Waals surface area contributed by atoms with Crippen LogP contribution in [0, 0.1) is 0 Å². The molecule has 0 saturated carbocycles. The van der Waals surface area contributed by atoms with Crippen LogP contribution in [0.25, 0.3) is 11.2 Å². The number of aliphatic hydroxyl groups excluding tert-OH is 1. The maximum Gasteiger partial charge on any atom is 0.318 e. The third-order valence-corrected chi connectivity index (χ3v) is 6.77. The van der Waals surface area contributed by atoms with E-state index in [-0.39, 0.29) is 12.1 Å². The van der Waals surface area contributed by atoms with E-state index in [0.717, 1.165) is 25.1 Å². The highest BCUT2D eigenvalue weighted by molar-refractivity contribution is 6.31. The van der Waals surface area contributed by atoms with Gasteiger partial charge in [-0.05, 0) is 25.3 Å². The summed E-state index contributed by atoms with van der Waals surface area (Å²) in [6.07, 6.45) is 7.08. The Hall–Kier alpha value is -2.82. The Morgan fingerprint density at radius 3 is 2.42 bits per heavy atom. The van der Waals surface area contributed by atoms with Crippen molar-refractivity contribution in [1.29, 1.82) is 0 Å². The lowest BCUT2D eigenvalue weighted by Gasteiger charge is -2.33. The van der Waals surface area contributed by atoms with Crippen LogP contribution in [0.3, 0.4) is 0 Å². The van der Waals surface area contributed by atoms with Gasteiger partial charge in [0.15, 0.2) is 5.65 Å². The third kappa shape index (κ3) is 4.25. The lowest BCUT2D eigenvalue weighted by atomic mass is 10.0. The summed E-state index contributed by atoms with van der Waals surface area (Å²) >= 11 is 6.07. The fourth-order valence-corrected chi connectivity index (χ4v) is 4.93. The zero-order valence-electron chi connectivity index (χ0n) is 18.4. The van der Waals surface area contributed by atoms with Crippen LogP contribution in [0.1, 0.15) is 30.9 Å². The summed E-state index contributed by atoms with van der Waals surface area (Å²) in [7, 11) is 1.56. The Bertz CT molecular complexity index is 1280. The van der Waals surface area contributed by atoms with E-state index in [1.165, 1.54) is 15.3 Å². The number of fused-ring (bicyclic) bond motifs is 1. The number of likely N-dealkylation sites (tertiary alicyclic amines) is 1. The number of pyridine rings is 1. The molecular formula is C22H26ClN7O3. The van der Waals surface area contributed by atoms with Crippen molar-refractivity contribution < 1.29 is 5.11 Å². The van der Waals surface area contributed by atoms with E-state index in [1.54, 1.807) is 13.1 Å². The highest BCUT2D eigenvalue weighted by atomic mass is 35.5. The van der Waals surface area contributed by atoms with Crippen LogP contribution < -0.4 is 16.0 Å². The SMILES string of the molecule is Cn1c(=O)c(=O)n(C2CCN(c3ncc(CN4CC[C@H](O)C4)cn3)CC2)c2ncc(Cl)cc21. The number of rotatable bonds is 4. The van der Waals surface area contributed by atoms with Crippen LogP contribution in [0.5, 0.6) is 0 Å². The number of hydrogen-bond acceptors (Lipinski definition) is 8. The van der Waals surface area contributed by atoms with Crippen LogP contribution >= 0.6 is 11.6 Å². The molecule has 0 radical (unpaired) electrons. The maximum atomic E-state index is 12.8. The summed E-state index contributed by atoms with van der Waals surface area (Å²) in [5.41, 5.74) is 0.881. The van der Waals surface area contributed by atoms with Crippen molar-refractivity contribution in [3.63, 3.8) is 0 Å². The number of piperidine rings is 1. The van der Waals surface area contributed by atoms with Gasteiger partial charge in [-0.2, -0.15) is 0 Å². The molecule has 1 N–H and O–H groups in total. The second-order valence-electron chi connectivity index (χ2n) is 8.82. The van der Waals surface area contributed by atoms with Crippen molar-refractivity contribution in [2.75, 3.05) is 31.1 Å². The molecule has 11 heteroatoms. The molecule has 2 aliphatic rings. The Kier molecular flexibility index (Phi) is 5.90. The molecule has 3 aromatic rings. The molecule has 2 fully saturated rings. The predicted molar refractivity (Wildman–Crippen MR) is 125 cm³/mol. The molecule has 5 rings (SSSR count). The van der Waals surface area contributed by atoms with Gasteiger partial charge in [-0.15, -0.1) is 0 Å². The van der Waals surface area contributed by atoms with Gasteiger partial charge in [-0.3, -0.25) is 19.1 Å². The summed E-state index contributed by atoms with van der Waals surface area (Å²) in [5, 5.41) is 10.1. The number of aromatic nitrogens is 5. The highest BCUT2D eigenvalue weighted by Crippen LogP contribution is 2.26. The molecule has 0 amide bonds. The Balaban J connectivity index is 1.31. The van der Waals surface area contributed by atoms with Gasteiger partial charge in [0.1, 0.15) is 0 Å². The van der Waals surface area contributed by atoms with Crippen molar-refractivity contribution in [2.24, 2.45) is 7.05 Å². The zero-order valence-corrected chi connectivity index (χ0v) is 19.1. The number of halogens is 1. The fraction of sp³-hybridized carbons (Fsp3) is 0.500. The van der Waals surface area contributed by atoms with E-state index < -0.39 is 11.1 Å². The van der Waals surface area contributed by atoms with Gasteiger partial charge in [0.25, 0.3) is 0 Å². The van der Waals surface area contributed by atoms with Crippen LogP contribution in [0.4, 0.5) is 5.95 Å². The first-order valence-electron chi connectivity index (χ1n) is 11.1. The lowest BCUT2D eigenvalue weighted by molar-refractivity contribution is 0.174. The molecule has 0 aromatic carbocycles. The van der Waals surface area contributed by atoms with Gasteiger partial charge in [0.05, 0.1) is 16.6 Å². The average molecular weight is 472 g/mol. The number of aliphatic hydroxyl groups is 1. The van der Waals surface area contributed by atoms with E-state index in [0.29, 0.717) is 54.6 Å². The zero-order chi connectivity index (χ0) is 23.1. The number of nitrogens with zero attached hydrogens (tertiary/aromatic N) is 7. The minimum Gasteiger partial charge on any atom is -0.392 e. The Morgan fingerprint density at radius 2 is 1.76 bits per heavy atom. The molecule has 0 bridgehead atoms. The number of hydrogen-bond donors (Lipinski definition) is 1. The summed E-state index contributed by atoms with van der Waals surface area (Å²) < 4.78 is 2.83. The largest absolute Gasteiger partial charge is 0.392 e. The van der Waals surface area contributed by atoms with Crippen LogP contribution in [-0.4, -0.2) is 66.4 Å². The van der Waals surface area contributed by atoms with Gasteiger partial charge in [-0.1, -0.05) is 11.6 Å². The minimum absolute atomic E-state index is 0.139. The first kappa shape index (κ1) is 22.0. The molecule has 0 unspecified atom stereocenters. The van der Waals surface area contributed by atoms with Crippen LogP contribution in [0.2, 0.25) is 5.02 Å². The first-order valence-corrected chi connectivity index (χ1v) is 11.5. The molecule has 2 aliphatic heterocycles. The lowest BCUT2D eigenvalue weighted by Crippen LogP contribution is -2.45. The molecule has 174 valence electrons. The second-order valence-corrected chi connectivity index (χ2v) is 9.26. The van der Waals surface area contributed by atoms with Crippen molar-refractivity contribution >= 4 is 28.7 Å². The van der Waals surface area contributed by atoms with Crippen molar-refractivity contribution in [3.05, 3.63) is 56.0 Å². The van der Waals surface area contributed by atoms with Gasteiger partial charge >= 0.3 is 11.1 Å². The molecule has 3 aromatic heterocycles. The monoisotopic (exact) mass is 471 g/mol. The standard InChI is InChI=1S/C22H26ClN7O3/c1-27-18-8-15(23)11-24-19(18)30(21(33)20(27)32)16-2-6-29(7-3-16)22-25-9-14(10-26-22)12-28-5-4-17(31)13-28/h8-11,16-17,31H,2-7,12-13H2,1H3/t17-/m0/s1. The second kappa shape index (κ2) is 8.85. The van der Waals surface area contributed by atoms with E-state index in [1.807, 2.05) is 12.4 Å². The molecule has 5 heterocycles. The molecule has 0 aliphatic carbocycles. The molecule has 0 spiro atoms. The summed E-state index contributed by atoms with van der Waals surface area (Å²) in [6.45, 7) is 3.63. The number of aryl methyl sites for hydroxylation is 1. The van der Waals surface area contributed by atoms with E-state index in [2.05, 4.69) is 24.8 Å². The maximum absolute atomic E-state index is 12.8. The predicted octanol–water partition coefficient (Wildman–Crippen LogP) is 0.947. The minimum atomic E-state index is -0.585. The molecule has 1 atom stereocenters. The smallest absolute Gasteiger partial charge is 0.318 e. The van der Waals surface area contributed by atoms with Gasteiger partial charge in [-0.25, -0.2) is 15.0 Å². The topological polar surface area (TPSA) is 109 Å². The quantitative estimate of drug-likeness (QED) is 0.560. The fourth-order valence-electron chi connectivity index (χ4n) is 4.78. The summed E-state index contributed by atoms with van der Waals surface area (Å²) in [6, 6.07) is 1.52. The molecular weight excluding hydrogens is 446 g/mol. The van der Waals surface area contributed by atoms with E-state index in [4.69, 9.17) is 11.6 Å². The molecule has 33 heavy (non-hydrogen) atoms. The summed E-state index contributed by atoms with van der Waals surface area (Å²) in [5.74, 6) is 0.657. The van der Waals surface area contributed by atoms with Crippen molar-refractivity contribution in [1.82, 2.24) is 29.0 Å². The Morgan fingerprint density at radius 1 is 1.03 bits per heavy atom. The average Bonchev–Trinajstić information content (AvgIpc) is 3.23. The Labute approximate surface area is 195 Å². The molecule has 10 nitrogen and oxygen atoms in total. The van der Waals surface area contributed by atoms with E-state index >= 15 is 0 Å². The third-order valence-electron chi connectivity index (χ3n) is 6.57. The number of β-amino-alcohol motifs (C(OH)–C–C–N with tert-alkyl or cyclic N) is 1. The molecule has 2 saturated heterocycles. The highest BCUT2D eigenvalue weighted by Gasteiger charge is 2.26. The van der Waals surface area contributed by atoms with Crippen LogP contribution in [-0.2, 0) is 13.6 Å². The first-order chi connectivity index (χ1) is 15.9. The van der Waals surface area contributed by atoms with Gasteiger partial charge in [0, 0.05) is 70.0 Å². The van der Waals surface area contributed by atoms with Crippen molar-refractivity contribution in [3.8, 4) is 0 Å². The van der Waals surface area contributed by atoms with Gasteiger partial charge in [0.2, 0.25) is 5.95 Å². The van der Waals surface area contributed by atoms with Crippen LogP contribution in [0.15, 0.2) is 34.2 Å². The summed E-state index contributed by atoms with van der Waals surface area (Å²) in [4.78, 5) is 43.1. The van der Waals surface area contributed by atoms with Gasteiger partial charge < -0.3 is 14.6 Å². The van der Waals surface area contributed by atoms with Crippen molar-refractivity contribution in [2.45, 2.75) is 38.0 Å². The normalized spacial score (nSPS) is 20.1.